The largest absolute Gasteiger partial charge is 0.385 e. The molecule has 0 heterocycles. The van der Waals surface area contributed by atoms with Crippen LogP contribution >= 0.6 is 11.6 Å². The van der Waals surface area contributed by atoms with Crippen LogP contribution in [-0.2, 0) is 5.60 Å². The van der Waals surface area contributed by atoms with E-state index in [0.717, 1.165) is 29.8 Å². The third-order valence-corrected chi connectivity index (χ3v) is 3.86. The van der Waals surface area contributed by atoms with Gasteiger partial charge in [0.05, 0.1) is 5.60 Å². The Balaban J connectivity index is 2.30. The Kier molecular flexibility index (Phi) is 3.03. The summed E-state index contributed by atoms with van der Waals surface area (Å²) in [5, 5.41) is 11.4. The number of benzene rings is 1. The van der Waals surface area contributed by atoms with Crippen molar-refractivity contribution in [2.75, 3.05) is 0 Å². The summed E-state index contributed by atoms with van der Waals surface area (Å²) in [5.74, 6) is 0.340. The van der Waals surface area contributed by atoms with E-state index in [0.29, 0.717) is 5.92 Å². The molecule has 2 rings (SSSR count). The van der Waals surface area contributed by atoms with Crippen LogP contribution < -0.4 is 0 Å². The van der Waals surface area contributed by atoms with Gasteiger partial charge in [-0.15, -0.1) is 0 Å². The van der Waals surface area contributed by atoms with Crippen LogP contribution in [0.2, 0.25) is 5.02 Å². The number of halogens is 1. The molecule has 1 saturated carbocycles. The van der Waals surface area contributed by atoms with Gasteiger partial charge in [0, 0.05) is 5.02 Å². The van der Waals surface area contributed by atoms with Crippen LogP contribution in [0.3, 0.4) is 0 Å². The van der Waals surface area contributed by atoms with Crippen LogP contribution in [0.25, 0.3) is 0 Å². The van der Waals surface area contributed by atoms with E-state index >= 15 is 0 Å². The summed E-state index contributed by atoms with van der Waals surface area (Å²) in [7, 11) is 0. The predicted octanol–water partition coefficient (Wildman–Crippen LogP) is 3.74. The maximum Gasteiger partial charge on any atom is 0.0921 e. The van der Waals surface area contributed by atoms with Gasteiger partial charge in [0.1, 0.15) is 0 Å². The highest BCUT2D eigenvalue weighted by atomic mass is 35.5. The zero-order chi connectivity index (χ0) is 10.9. The monoisotopic (exact) mass is 224 g/mol. The molecule has 2 unspecified atom stereocenters. The van der Waals surface area contributed by atoms with Crippen molar-refractivity contribution in [3.63, 3.8) is 0 Å². The van der Waals surface area contributed by atoms with Gasteiger partial charge >= 0.3 is 0 Å². The van der Waals surface area contributed by atoms with Crippen molar-refractivity contribution in [1.82, 2.24) is 0 Å². The third kappa shape index (κ3) is 2.04. The van der Waals surface area contributed by atoms with Crippen LogP contribution in [0.15, 0.2) is 24.3 Å². The Hall–Kier alpha value is -0.530. The van der Waals surface area contributed by atoms with E-state index in [1.165, 1.54) is 6.42 Å². The molecule has 1 nitrogen and oxygen atoms in total. The summed E-state index contributed by atoms with van der Waals surface area (Å²) >= 11 is 5.85. The van der Waals surface area contributed by atoms with Crippen molar-refractivity contribution < 1.29 is 5.11 Å². The lowest BCUT2D eigenvalue weighted by molar-refractivity contribution is -0.0469. The van der Waals surface area contributed by atoms with Crippen LogP contribution in [0, 0.1) is 5.92 Å². The highest BCUT2D eigenvalue weighted by Gasteiger charge is 2.37. The molecule has 0 aromatic heterocycles. The van der Waals surface area contributed by atoms with Crippen molar-refractivity contribution >= 4 is 11.6 Å². The molecule has 0 spiro atoms. The average Bonchev–Trinajstić information content (AvgIpc) is 2.23. The van der Waals surface area contributed by atoms with Crippen LogP contribution in [0.1, 0.15) is 38.2 Å². The Morgan fingerprint density at radius 1 is 1.27 bits per heavy atom. The molecule has 1 N–H and O–H groups in total. The molecule has 2 heteroatoms. The summed E-state index contributed by atoms with van der Waals surface area (Å²) < 4.78 is 0. The van der Waals surface area contributed by atoms with E-state index < -0.39 is 5.60 Å². The standard InChI is InChI=1S/C13H17ClO/c1-10-4-2-3-9-13(10,15)11-5-7-12(14)8-6-11/h5-8,10,15H,2-4,9H2,1H3. The van der Waals surface area contributed by atoms with E-state index in [1.54, 1.807) is 0 Å². The lowest BCUT2D eigenvalue weighted by atomic mass is 9.72. The van der Waals surface area contributed by atoms with Crippen molar-refractivity contribution in [2.45, 2.75) is 38.2 Å². The first kappa shape index (κ1) is 11.0. The fraction of sp³-hybridized carbons (Fsp3) is 0.538. The van der Waals surface area contributed by atoms with Gasteiger partial charge < -0.3 is 5.11 Å². The highest BCUT2D eigenvalue weighted by molar-refractivity contribution is 6.30. The summed E-state index contributed by atoms with van der Waals surface area (Å²) in [4.78, 5) is 0. The molecule has 1 aromatic carbocycles. The second kappa shape index (κ2) is 4.15. The molecule has 1 aliphatic carbocycles. The number of aliphatic hydroxyl groups is 1. The molecule has 1 aromatic rings. The molecule has 15 heavy (non-hydrogen) atoms. The number of hydrogen-bond acceptors (Lipinski definition) is 1. The van der Waals surface area contributed by atoms with Gasteiger partial charge in [0.15, 0.2) is 0 Å². The first-order chi connectivity index (χ1) is 7.13. The third-order valence-electron chi connectivity index (χ3n) is 3.60. The van der Waals surface area contributed by atoms with Crippen molar-refractivity contribution in [1.29, 1.82) is 0 Å². The molecule has 2 atom stereocenters. The fourth-order valence-corrected chi connectivity index (χ4v) is 2.62. The summed E-state index contributed by atoms with van der Waals surface area (Å²) in [6.45, 7) is 2.13. The minimum absolute atomic E-state index is 0.340. The van der Waals surface area contributed by atoms with E-state index in [1.807, 2.05) is 24.3 Å². The molecule has 82 valence electrons. The Morgan fingerprint density at radius 3 is 2.53 bits per heavy atom. The minimum Gasteiger partial charge on any atom is -0.385 e. The minimum atomic E-state index is -0.636. The molecule has 0 aliphatic heterocycles. The molecule has 0 bridgehead atoms. The molecule has 1 aliphatic rings. The normalized spacial score (nSPS) is 31.5. The van der Waals surface area contributed by atoms with Gasteiger partial charge in [0.2, 0.25) is 0 Å². The SMILES string of the molecule is CC1CCCCC1(O)c1ccc(Cl)cc1. The Morgan fingerprint density at radius 2 is 1.93 bits per heavy atom. The summed E-state index contributed by atoms with van der Waals surface area (Å²) in [5.41, 5.74) is 0.377. The van der Waals surface area contributed by atoms with Crippen molar-refractivity contribution in [3.05, 3.63) is 34.9 Å². The van der Waals surface area contributed by atoms with Gasteiger partial charge in [-0.05, 0) is 36.5 Å². The fourth-order valence-electron chi connectivity index (χ4n) is 2.50. The lowest BCUT2D eigenvalue weighted by Gasteiger charge is -2.38. The van der Waals surface area contributed by atoms with Gasteiger partial charge in [0.25, 0.3) is 0 Å². The maximum absolute atomic E-state index is 10.7. The first-order valence-electron chi connectivity index (χ1n) is 5.61. The Labute approximate surface area is 96.1 Å². The molecule has 0 saturated heterocycles. The lowest BCUT2D eigenvalue weighted by Crippen LogP contribution is -2.36. The van der Waals surface area contributed by atoms with Crippen LogP contribution in [-0.4, -0.2) is 5.11 Å². The smallest absolute Gasteiger partial charge is 0.0921 e. The van der Waals surface area contributed by atoms with E-state index in [2.05, 4.69) is 6.92 Å². The maximum atomic E-state index is 10.7. The second-order valence-electron chi connectivity index (χ2n) is 4.58. The van der Waals surface area contributed by atoms with Gasteiger partial charge in [-0.2, -0.15) is 0 Å². The van der Waals surface area contributed by atoms with Gasteiger partial charge in [-0.1, -0.05) is 43.5 Å². The van der Waals surface area contributed by atoms with Crippen LogP contribution in [0.5, 0.6) is 0 Å². The van der Waals surface area contributed by atoms with Gasteiger partial charge in [-0.25, -0.2) is 0 Å². The topological polar surface area (TPSA) is 20.2 Å². The first-order valence-corrected chi connectivity index (χ1v) is 5.99. The molecule has 1 fully saturated rings. The summed E-state index contributed by atoms with van der Waals surface area (Å²) in [6.07, 6.45) is 4.33. The number of hydrogen-bond donors (Lipinski definition) is 1. The zero-order valence-corrected chi connectivity index (χ0v) is 9.80. The van der Waals surface area contributed by atoms with Crippen LogP contribution in [0.4, 0.5) is 0 Å². The molecular formula is C13H17ClO. The number of rotatable bonds is 1. The average molecular weight is 225 g/mol. The molecule has 0 amide bonds. The van der Waals surface area contributed by atoms with E-state index in [-0.39, 0.29) is 0 Å². The second-order valence-corrected chi connectivity index (χ2v) is 5.01. The Bertz CT molecular complexity index is 333. The van der Waals surface area contributed by atoms with E-state index in [9.17, 15) is 5.11 Å². The van der Waals surface area contributed by atoms with E-state index in [4.69, 9.17) is 11.6 Å². The van der Waals surface area contributed by atoms with Crippen molar-refractivity contribution in [2.24, 2.45) is 5.92 Å². The molecule has 0 radical (unpaired) electrons. The zero-order valence-electron chi connectivity index (χ0n) is 9.04. The summed E-state index contributed by atoms with van der Waals surface area (Å²) in [6, 6.07) is 7.61. The predicted molar refractivity (Wildman–Crippen MR) is 63.0 cm³/mol. The quantitative estimate of drug-likeness (QED) is 0.771. The van der Waals surface area contributed by atoms with Crippen molar-refractivity contribution in [3.8, 4) is 0 Å². The van der Waals surface area contributed by atoms with Gasteiger partial charge in [-0.3, -0.25) is 0 Å². The molecular weight excluding hydrogens is 208 g/mol. The highest BCUT2D eigenvalue weighted by Crippen LogP contribution is 2.41.